The van der Waals surface area contributed by atoms with Crippen molar-refractivity contribution >= 4 is 18.3 Å². The molecule has 126 valence electrons. The fourth-order valence-corrected chi connectivity index (χ4v) is 2.82. The van der Waals surface area contributed by atoms with E-state index in [1.807, 2.05) is 4.90 Å². The zero-order valence-corrected chi connectivity index (χ0v) is 14.5. The van der Waals surface area contributed by atoms with Crippen molar-refractivity contribution in [2.24, 2.45) is 5.73 Å². The molecule has 2 N–H and O–H groups in total. The first kappa shape index (κ1) is 20.7. The average molecular weight is 320 g/mol. The summed E-state index contributed by atoms with van der Waals surface area (Å²) in [6.07, 6.45) is 11.0. The minimum absolute atomic E-state index is 0. The summed E-state index contributed by atoms with van der Waals surface area (Å²) in [7, 11) is 0. The van der Waals surface area contributed by atoms with E-state index in [9.17, 15) is 4.79 Å². The molecule has 0 spiro atoms. The standard InChI is InChI=1S/C16H33N3O.ClH/c1-2-3-4-5-6-7-8-9-10-18-11-13-19(14-12-18)16(20)15-17;/h2-15,17H2,1H3;1H. The van der Waals surface area contributed by atoms with Gasteiger partial charge in [-0.05, 0) is 13.0 Å². The molecule has 21 heavy (non-hydrogen) atoms. The molecular weight excluding hydrogens is 286 g/mol. The number of hydrogen-bond acceptors (Lipinski definition) is 3. The van der Waals surface area contributed by atoms with Crippen LogP contribution >= 0.6 is 12.4 Å². The number of nitrogens with two attached hydrogens (primary N) is 1. The van der Waals surface area contributed by atoms with Crippen LogP contribution in [-0.4, -0.2) is 55.0 Å². The van der Waals surface area contributed by atoms with Gasteiger partial charge in [0.25, 0.3) is 0 Å². The zero-order chi connectivity index (χ0) is 14.6. The summed E-state index contributed by atoms with van der Waals surface area (Å²) in [5, 5.41) is 0. The second-order valence-electron chi connectivity index (χ2n) is 5.90. The Morgan fingerprint density at radius 2 is 1.43 bits per heavy atom. The minimum atomic E-state index is 0. The molecule has 1 aliphatic rings. The number of carbonyl (C=O) groups is 1. The Labute approximate surface area is 136 Å². The second kappa shape index (κ2) is 13.4. The number of halogens is 1. The molecule has 0 aromatic rings. The van der Waals surface area contributed by atoms with Crippen LogP contribution in [0, 0.1) is 0 Å². The Morgan fingerprint density at radius 3 is 1.95 bits per heavy atom. The number of piperazine rings is 1. The molecular formula is C16H34ClN3O. The van der Waals surface area contributed by atoms with Crippen molar-refractivity contribution < 1.29 is 4.79 Å². The van der Waals surface area contributed by atoms with E-state index in [1.54, 1.807) is 0 Å². The van der Waals surface area contributed by atoms with Crippen LogP contribution in [0.25, 0.3) is 0 Å². The number of carbonyl (C=O) groups excluding carboxylic acids is 1. The van der Waals surface area contributed by atoms with E-state index in [2.05, 4.69) is 11.8 Å². The number of hydrogen-bond donors (Lipinski definition) is 1. The van der Waals surface area contributed by atoms with Crippen molar-refractivity contribution in [2.45, 2.75) is 58.3 Å². The Kier molecular flexibility index (Phi) is 13.1. The third-order valence-electron chi connectivity index (χ3n) is 4.23. The predicted octanol–water partition coefficient (Wildman–Crippen LogP) is 2.65. The van der Waals surface area contributed by atoms with Gasteiger partial charge in [0.05, 0.1) is 6.54 Å². The molecule has 1 rings (SSSR count). The van der Waals surface area contributed by atoms with Gasteiger partial charge in [-0.15, -0.1) is 12.4 Å². The highest BCUT2D eigenvalue weighted by Crippen LogP contribution is 2.10. The summed E-state index contributed by atoms with van der Waals surface area (Å²) in [5.41, 5.74) is 5.39. The van der Waals surface area contributed by atoms with Crippen molar-refractivity contribution in [1.29, 1.82) is 0 Å². The van der Waals surface area contributed by atoms with Crippen molar-refractivity contribution in [1.82, 2.24) is 9.80 Å². The highest BCUT2D eigenvalue weighted by atomic mass is 35.5. The second-order valence-corrected chi connectivity index (χ2v) is 5.90. The Balaban J connectivity index is 0.00000400. The van der Waals surface area contributed by atoms with E-state index in [1.165, 1.54) is 57.9 Å². The Morgan fingerprint density at radius 1 is 0.905 bits per heavy atom. The minimum Gasteiger partial charge on any atom is -0.339 e. The molecule has 0 saturated carbocycles. The van der Waals surface area contributed by atoms with E-state index in [-0.39, 0.29) is 24.9 Å². The largest absolute Gasteiger partial charge is 0.339 e. The molecule has 5 heteroatoms. The fourth-order valence-electron chi connectivity index (χ4n) is 2.82. The van der Waals surface area contributed by atoms with Gasteiger partial charge < -0.3 is 10.6 Å². The first-order valence-corrected chi connectivity index (χ1v) is 8.48. The normalized spacial score (nSPS) is 15.8. The van der Waals surface area contributed by atoms with Gasteiger partial charge >= 0.3 is 0 Å². The average Bonchev–Trinajstić information content (AvgIpc) is 2.50. The third kappa shape index (κ3) is 9.33. The van der Waals surface area contributed by atoms with Crippen molar-refractivity contribution in [3.8, 4) is 0 Å². The fraction of sp³-hybridized carbons (Fsp3) is 0.938. The number of rotatable bonds is 10. The first-order valence-electron chi connectivity index (χ1n) is 8.48. The van der Waals surface area contributed by atoms with Crippen LogP contribution in [0.15, 0.2) is 0 Å². The lowest BCUT2D eigenvalue weighted by atomic mass is 10.1. The van der Waals surface area contributed by atoms with Crippen LogP contribution in [-0.2, 0) is 4.79 Å². The van der Waals surface area contributed by atoms with Gasteiger partial charge in [-0.2, -0.15) is 0 Å². The maximum Gasteiger partial charge on any atom is 0.236 e. The van der Waals surface area contributed by atoms with Gasteiger partial charge in [-0.25, -0.2) is 0 Å². The highest BCUT2D eigenvalue weighted by Gasteiger charge is 2.19. The van der Waals surface area contributed by atoms with Gasteiger partial charge in [-0.3, -0.25) is 9.69 Å². The van der Waals surface area contributed by atoms with Gasteiger partial charge in [0.15, 0.2) is 0 Å². The van der Waals surface area contributed by atoms with Crippen molar-refractivity contribution in [2.75, 3.05) is 39.3 Å². The number of nitrogens with zero attached hydrogens (tertiary/aromatic N) is 2. The molecule has 1 fully saturated rings. The van der Waals surface area contributed by atoms with Crippen LogP contribution in [0.5, 0.6) is 0 Å². The predicted molar refractivity (Wildman–Crippen MR) is 91.9 cm³/mol. The lowest BCUT2D eigenvalue weighted by molar-refractivity contribution is -0.131. The monoisotopic (exact) mass is 319 g/mol. The van der Waals surface area contributed by atoms with Crippen LogP contribution in [0.3, 0.4) is 0 Å². The summed E-state index contributed by atoms with van der Waals surface area (Å²) in [4.78, 5) is 15.8. The van der Waals surface area contributed by atoms with Gasteiger partial charge in [0.2, 0.25) is 5.91 Å². The van der Waals surface area contributed by atoms with E-state index in [0.717, 1.165) is 26.2 Å². The molecule has 0 aromatic carbocycles. The van der Waals surface area contributed by atoms with Crippen molar-refractivity contribution in [3.05, 3.63) is 0 Å². The molecule has 0 atom stereocenters. The number of amides is 1. The lowest BCUT2D eigenvalue weighted by Gasteiger charge is -2.34. The molecule has 0 aromatic heterocycles. The van der Waals surface area contributed by atoms with Crippen LogP contribution in [0.4, 0.5) is 0 Å². The third-order valence-corrected chi connectivity index (χ3v) is 4.23. The first-order chi connectivity index (χ1) is 9.77. The van der Waals surface area contributed by atoms with E-state index in [0.29, 0.717) is 0 Å². The summed E-state index contributed by atoms with van der Waals surface area (Å²) in [6, 6.07) is 0. The van der Waals surface area contributed by atoms with Crippen LogP contribution in [0.2, 0.25) is 0 Å². The summed E-state index contributed by atoms with van der Waals surface area (Å²) < 4.78 is 0. The molecule has 0 bridgehead atoms. The van der Waals surface area contributed by atoms with Gasteiger partial charge in [-0.1, -0.05) is 51.9 Å². The quantitative estimate of drug-likeness (QED) is 0.630. The lowest BCUT2D eigenvalue weighted by Crippen LogP contribution is -2.50. The Hall–Kier alpha value is -0.320. The van der Waals surface area contributed by atoms with E-state index < -0.39 is 0 Å². The van der Waals surface area contributed by atoms with Gasteiger partial charge in [0, 0.05) is 26.2 Å². The molecule has 0 radical (unpaired) electrons. The van der Waals surface area contributed by atoms with Crippen LogP contribution in [0.1, 0.15) is 58.3 Å². The summed E-state index contributed by atoms with van der Waals surface area (Å²) >= 11 is 0. The SMILES string of the molecule is CCCCCCCCCCN1CCN(C(=O)CN)CC1.Cl. The number of unbranched alkanes of at least 4 members (excludes halogenated alkanes) is 7. The maximum atomic E-state index is 11.5. The highest BCUT2D eigenvalue weighted by molar-refractivity contribution is 5.85. The van der Waals surface area contributed by atoms with Gasteiger partial charge in [0.1, 0.15) is 0 Å². The van der Waals surface area contributed by atoms with E-state index in [4.69, 9.17) is 5.73 Å². The smallest absolute Gasteiger partial charge is 0.236 e. The molecule has 1 heterocycles. The van der Waals surface area contributed by atoms with Crippen molar-refractivity contribution in [3.63, 3.8) is 0 Å². The molecule has 1 amide bonds. The maximum absolute atomic E-state index is 11.5. The molecule has 0 aliphatic carbocycles. The zero-order valence-electron chi connectivity index (χ0n) is 13.7. The Bertz CT molecular complexity index is 256. The topological polar surface area (TPSA) is 49.6 Å². The molecule has 4 nitrogen and oxygen atoms in total. The van der Waals surface area contributed by atoms with E-state index >= 15 is 0 Å². The molecule has 0 unspecified atom stereocenters. The molecule has 1 saturated heterocycles. The summed E-state index contributed by atoms with van der Waals surface area (Å²) in [6.45, 7) is 7.35. The van der Waals surface area contributed by atoms with Crippen LogP contribution < -0.4 is 5.73 Å². The molecule has 1 aliphatic heterocycles. The summed E-state index contributed by atoms with van der Waals surface area (Å²) in [5.74, 6) is 0.0942.